The second-order valence-corrected chi connectivity index (χ2v) is 3.33. The number of allylic oxidation sites excluding steroid dienone is 1. The first-order valence-corrected chi connectivity index (χ1v) is 4.85. The van der Waals surface area contributed by atoms with Gasteiger partial charge in [0, 0.05) is 0 Å². The van der Waals surface area contributed by atoms with E-state index in [-0.39, 0.29) is 0 Å². The molecular weight excluding hydrogens is 204 g/mol. The summed E-state index contributed by atoms with van der Waals surface area (Å²) in [5, 5.41) is 8.56. The van der Waals surface area contributed by atoms with Crippen LogP contribution in [0.1, 0.15) is 11.1 Å². The molecule has 0 radical (unpaired) electrons. The molecule has 0 saturated heterocycles. The number of methoxy groups -OCH3 is 1. The first kappa shape index (κ1) is 12.0. The number of aliphatic carboxylic acids is 1. The average molecular weight is 218 g/mol. The van der Waals surface area contributed by atoms with Crippen LogP contribution in [0.3, 0.4) is 0 Å². The van der Waals surface area contributed by atoms with Crippen molar-refractivity contribution in [2.45, 2.75) is 6.92 Å². The van der Waals surface area contributed by atoms with Gasteiger partial charge in [-0.3, -0.25) is 0 Å². The molecule has 0 atom stereocenters. The quantitative estimate of drug-likeness (QED) is 0.480. The van der Waals surface area contributed by atoms with Crippen LogP contribution >= 0.6 is 0 Å². The largest absolute Gasteiger partial charge is 0.496 e. The topological polar surface area (TPSA) is 46.5 Å². The highest BCUT2D eigenvalue weighted by atomic mass is 16.5. The van der Waals surface area contributed by atoms with E-state index in [1.54, 1.807) is 12.2 Å². The Labute approximate surface area is 94.7 Å². The number of hydrogen-bond acceptors (Lipinski definition) is 2. The predicted molar refractivity (Wildman–Crippen MR) is 62.9 cm³/mol. The van der Waals surface area contributed by atoms with Crippen molar-refractivity contribution in [1.82, 2.24) is 0 Å². The normalized spacial score (nSPS) is 11.8. The van der Waals surface area contributed by atoms with Gasteiger partial charge in [-0.2, -0.15) is 0 Å². The van der Waals surface area contributed by atoms with Crippen molar-refractivity contribution >= 4 is 12.0 Å². The zero-order valence-corrected chi connectivity index (χ0v) is 9.31. The Kier molecular flexibility index (Phi) is 4.33. The van der Waals surface area contributed by atoms with Crippen LogP contribution in [0.4, 0.5) is 0 Å². The molecule has 0 aliphatic rings. The molecule has 0 aliphatic carbocycles. The number of rotatable bonds is 4. The van der Waals surface area contributed by atoms with E-state index in [4.69, 9.17) is 9.84 Å². The maximum Gasteiger partial charge on any atom is 0.332 e. The van der Waals surface area contributed by atoms with Gasteiger partial charge in [0.25, 0.3) is 0 Å². The Morgan fingerprint density at radius 3 is 2.44 bits per heavy atom. The molecule has 0 fully saturated rings. The summed E-state index contributed by atoms with van der Waals surface area (Å²) in [6, 6.07) is 7.90. The monoisotopic (exact) mass is 218 g/mol. The van der Waals surface area contributed by atoms with Gasteiger partial charge in [0.15, 0.2) is 0 Å². The highest BCUT2D eigenvalue weighted by molar-refractivity contribution is 5.81. The van der Waals surface area contributed by atoms with E-state index in [9.17, 15) is 4.79 Å². The number of aryl methyl sites for hydroxylation is 1. The molecule has 3 heteroatoms. The van der Waals surface area contributed by atoms with Gasteiger partial charge in [0.2, 0.25) is 0 Å². The molecule has 0 unspecified atom stereocenters. The number of carboxylic acids is 1. The van der Waals surface area contributed by atoms with Gasteiger partial charge < -0.3 is 9.84 Å². The summed E-state index contributed by atoms with van der Waals surface area (Å²) in [6.45, 7) is 2.01. The molecule has 0 aliphatic heterocycles. The fraction of sp³-hybridized carbons (Fsp3) is 0.154. The van der Waals surface area contributed by atoms with E-state index in [1.807, 2.05) is 31.2 Å². The molecule has 16 heavy (non-hydrogen) atoms. The van der Waals surface area contributed by atoms with Gasteiger partial charge in [-0.25, -0.2) is 4.79 Å². The minimum absolute atomic E-state index is 0.313. The van der Waals surface area contributed by atoms with Crippen molar-refractivity contribution in [2.75, 3.05) is 7.11 Å². The van der Waals surface area contributed by atoms with Crippen molar-refractivity contribution in [2.24, 2.45) is 0 Å². The number of carboxylic acid groups (broad SMARTS) is 1. The summed E-state index contributed by atoms with van der Waals surface area (Å²) in [5.41, 5.74) is 2.18. The Morgan fingerprint density at radius 2 is 1.94 bits per heavy atom. The molecule has 0 heterocycles. The third kappa shape index (κ3) is 4.00. The first-order valence-electron chi connectivity index (χ1n) is 4.85. The van der Waals surface area contributed by atoms with Crippen LogP contribution in [0, 0.1) is 6.92 Å². The van der Waals surface area contributed by atoms with Crippen LogP contribution < -0.4 is 0 Å². The Bertz CT molecular complexity index is 413. The van der Waals surface area contributed by atoms with Gasteiger partial charge >= 0.3 is 5.97 Å². The van der Waals surface area contributed by atoms with Crippen LogP contribution in [-0.4, -0.2) is 18.2 Å². The van der Waals surface area contributed by atoms with Crippen LogP contribution in [0.2, 0.25) is 0 Å². The van der Waals surface area contributed by atoms with Gasteiger partial charge in [0.1, 0.15) is 5.76 Å². The molecule has 0 aromatic heterocycles. The third-order valence-electron chi connectivity index (χ3n) is 2.02. The molecule has 1 aromatic rings. The molecule has 0 amide bonds. The Balaban J connectivity index is 2.79. The lowest BCUT2D eigenvalue weighted by atomic mass is 10.1. The van der Waals surface area contributed by atoms with E-state index in [0.717, 1.165) is 11.6 Å². The minimum atomic E-state index is -1.02. The van der Waals surface area contributed by atoms with Crippen molar-refractivity contribution in [3.63, 3.8) is 0 Å². The Hall–Kier alpha value is -2.03. The second-order valence-electron chi connectivity index (χ2n) is 3.33. The molecule has 0 saturated carbocycles. The summed E-state index contributed by atoms with van der Waals surface area (Å²) < 4.78 is 4.90. The van der Waals surface area contributed by atoms with E-state index >= 15 is 0 Å². The number of benzene rings is 1. The van der Waals surface area contributed by atoms with E-state index in [1.165, 1.54) is 12.7 Å². The summed E-state index contributed by atoms with van der Waals surface area (Å²) in [4.78, 5) is 10.4. The summed E-state index contributed by atoms with van der Waals surface area (Å²) >= 11 is 0. The molecule has 84 valence electrons. The predicted octanol–water partition coefficient (Wildman–Crippen LogP) is 2.62. The van der Waals surface area contributed by atoms with Crippen molar-refractivity contribution in [1.29, 1.82) is 0 Å². The standard InChI is InChI=1S/C13H14O3/c1-10-3-5-11(6-4-10)7-8-12(16-2)9-13(14)15/h3-9H,1-2H3,(H,14,15)/b8-7+,12-9+. The highest BCUT2D eigenvalue weighted by Crippen LogP contribution is 2.07. The van der Waals surface area contributed by atoms with E-state index < -0.39 is 5.97 Å². The second kappa shape index (κ2) is 5.75. The van der Waals surface area contributed by atoms with Gasteiger partial charge in [-0.05, 0) is 18.6 Å². The average Bonchev–Trinajstić information content (AvgIpc) is 2.26. The first-order chi connectivity index (χ1) is 7.61. The number of ether oxygens (including phenoxy) is 1. The zero-order chi connectivity index (χ0) is 12.0. The molecule has 1 N–H and O–H groups in total. The molecule has 0 bridgehead atoms. The Morgan fingerprint density at radius 1 is 1.31 bits per heavy atom. The zero-order valence-electron chi connectivity index (χ0n) is 9.31. The molecule has 1 aromatic carbocycles. The van der Waals surface area contributed by atoms with Crippen molar-refractivity contribution in [3.05, 3.63) is 53.3 Å². The molecule has 3 nitrogen and oxygen atoms in total. The van der Waals surface area contributed by atoms with Crippen molar-refractivity contribution < 1.29 is 14.6 Å². The maximum absolute atomic E-state index is 10.4. The van der Waals surface area contributed by atoms with Crippen LogP contribution in [-0.2, 0) is 9.53 Å². The van der Waals surface area contributed by atoms with E-state index in [2.05, 4.69) is 0 Å². The SMILES string of the molecule is COC(/C=C/c1ccc(C)cc1)=C/C(=O)O. The minimum Gasteiger partial charge on any atom is -0.496 e. The molecular formula is C13H14O3. The van der Waals surface area contributed by atoms with Gasteiger partial charge in [-0.15, -0.1) is 0 Å². The number of carbonyl (C=O) groups is 1. The lowest BCUT2D eigenvalue weighted by Gasteiger charge is -1.98. The summed E-state index contributed by atoms with van der Waals surface area (Å²) in [6.07, 6.45) is 4.45. The lowest BCUT2D eigenvalue weighted by Crippen LogP contribution is -1.92. The number of hydrogen-bond donors (Lipinski definition) is 1. The fourth-order valence-corrected chi connectivity index (χ4v) is 1.15. The van der Waals surface area contributed by atoms with E-state index in [0.29, 0.717) is 5.76 Å². The summed E-state index contributed by atoms with van der Waals surface area (Å²) in [7, 11) is 1.44. The smallest absolute Gasteiger partial charge is 0.332 e. The third-order valence-corrected chi connectivity index (χ3v) is 2.02. The van der Waals surface area contributed by atoms with Crippen LogP contribution in [0.25, 0.3) is 6.08 Å². The maximum atomic E-state index is 10.4. The lowest BCUT2D eigenvalue weighted by molar-refractivity contribution is -0.131. The van der Waals surface area contributed by atoms with Crippen molar-refractivity contribution in [3.8, 4) is 0 Å². The van der Waals surface area contributed by atoms with Crippen LogP contribution in [0.5, 0.6) is 0 Å². The van der Waals surface area contributed by atoms with Gasteiger partial charge in [0.05, 0.1) is 13.2 Å². The molecule has 0 spiro atoms. The van der Waals surface area contributed by atoms with Crippen LogP contribution in [0.15, 0.2) is 42.2 Å². The summed E-state index contributed by atoms with van der Waals surface area (Å²) in [5.74, 6) is -0.710. The van der Waals surface area contributed by atoms with Gasteiger partial charge in [-0.1, -0.05) is 35.9 Å². The molecule has 1 rings (SSSR count). The fourth-order valence-electron chi connectivity index (χ4n) is 1.15. The highest BCUT2D eigenvalue weighted by Gasteiger charge is 1.95.